The zero-order valence-corrected chi connectivity index (χ0v) is 10.0. The Kier molecular flexibility index (Phi) is 4.19. The first-order valence-corrected chi connectivity index (χ1v) is 5.20. The zero-order chi connectivity index (χ0) is 11.6. The van der Waals surface area contributed by atoms with Gasteiger partial charge in [-0.1, -0.05) is 0 Å². The van der Waals surface area contributed by atoms with Gasteiger partial charge in [0.2, 0.25) is 0 Å². The second kappa shape index (κ2) is 5.01. The average molecular weight is 280 g/mol. The number of nitrogens with two attached hydrogens (primary N) is 1. The van der Waals surface area contributed by atoms with Crippen molar-refractivity contribution in [3.8, 4) is 0 Å². The fourth-order valence-electron chi connectivity index (χ4n) is 1.23. The molecule has 2 atom stereocenters. The quantitative estimate of drug-likeness (QED) is 0.864. The van der Waals surface area contributed by atoms with Gasteiger partial charge in [-0.05, 0) is 35.0 Å². The van der Waals surface area contributed by atoms with Gasteiger partial charge in [0.25, 0.3) is 0 Å². The molecule has 2 unspecified atom stereocenters. The van der Waals surface area contributed by atoms with Crippen LogP contribution in [0.1, 0.15) is 18.5 Å². The number of hydrogen-bond donors (Lipinski definition) is 1. The highest BCUT2D eigenvalue weighted by Crippen LogP contribution is 2.27. The monoisotopic (exact) mass is 279 g/mol. The van der Waals surface area contributed by atoms with Gasteiger partial charge in [-0.15, -0.1) is 0 Å². The molecule has 2 N–H and O–H groups in total. The maximum atomic E-state index is 13.6. The summed E-state index contributed by atoms with van der Waals surface area (Å²) in [4.78, 5) is 0. The fraction of sp³-hybridized carbons (Fsp3) is 0.400. The third kappa shape index (κ3) is 2.53. The minimum atomic E-state index is -0.826. The molecule has 15 heavy (non-hydrogen) atoms. The summed E-state index contributed by atoms with van der Waals surface area (Å²) in [5.74, 6) is -1.33. The Morgan fingerprint density at radius 2 is 2.00 bits per heavy atom. The van der Waals surface area contributed by atoms with E-state index in [4.69, 9.17) is 10.5 Å². The molecular weight excluding hydrogens is 268 g/mol. The second-order valence-corrected chi connectivity index (χ2v) is 4.08. The second-order valence-electron chi connectivity index (χ2n) is 3.22. The van der Waals surface area contributed by atoms with E-state index in [2.05, 4.69) is 15.9 Å². The van der Waals surface area contributed by atoms with Crippen molar-refractivity contribution in [3.05, 3.63) is 33.8 Å². The normalized spacial score (nSPS) is 15.1. The number of benzene rings is 1. The Morgan fingerprint density at radius 1 is 1.40 bits per heavy atom. The lowest BCUT2D eigenvalue weighted by Crippen LogP contribution is -2.27. The van der Waals surface area contributed by atoms with Gasteiger partial charge in [0.15, 0.2) is 0 Å². The maximum absolute atomic E-state index is 13.6. The Labute approximate surface area is 95.5 Å². The van der Waals surface area contributed by atoms with E-state index < -0.39 is 23.8 Å². The average Bonchev–Trinajstić information content (AvgIpc) is 2.22. The fourth-order valence-corrected chi connectivity index (χ4v) is 1.58. The molecule has 0 saturated heterocycles. The molecule has 84 valence electrons. The first kappa shape index (κ1) is 12.5. The van der Waals surface area contributed by atoms with Crippen molar-refractivity contribution in [1.29, 1.82) is 0 Å². The molecule has 0 aliphatic rings. The molecule has 0 bridgehead atoms. The molecule has 0 aliphatic carbocycles. The summed E-state index contributed by atoms with van der Waals surface area (Å²) in [5.41, 5.74) is 5.54. The number of halogens is 3. The molecule has 0 radical (unpaired) electrons. The summed E-state index contributed by atoms with van der Waals surface area (Å²) in [6, 6.07) is 1.65. The molecule has 1 rings (SSSR count). The highest BCUT2D eigenvalue weighted by molar-refractivity contribution is 9.10. The molecule has 1 aromatic rings. The van der Waals surface area contributed by atoms with E-state index in [-0.39, 0.29) is 10.0 Å². The largest absolute Gasteiger partial charge is 0.380 e. The topological polar surface area (TPSA) is 35.2 Å². The predicted octanol–water partition coefficient (Wildman–Crippen LogP) is 2.76. The molecule has 0 amide bonds. The van der Waals surface area contributed by atoms with Crippen LogP contribution < -0.4 is 5.73 Å². The third-order valence-electron chi connectivity index (χ3n) is 2.29. The predicted molar refractivity (Wildman–Crippen MR) is 57.5 cm³/mol. The molecule has 0 aromatic heterocycles. The number of rotatable bonds is 3. The lowest BCUT2D eigenvalue weighted by atomic mass is 10.0. The molecule has 0 fully saturated rings. The Hall–Kier alpha value is -0.520. The molecule has 1 aromatic carbocycles. The molecule has 2 nitrogen and oxygen atoms in total. The van der Waals surface area contributed by atoms with Crippen molar-refractivity contribution in [2.75, 3.05) is 7.11 Å². The van der Waals surface area contributed by atoms with Crippen molar-refractivity contribution >= 4 is 15.9 Å². The van der Waals surface area contributed by atoms with E-state index in [0.717, 1.165) is 0 Å². The van der Waals surface area contributed by atoms with Crippen molar-refractivity contribution in [2.45, 2.75) is 19.1 Å². The molecule has 0 aliphatic heterocycles. The van der Waals surface area contributed by atoms with Crippen LogP contribution in [0, 0.1) is 11.6 Å². The standard InChI is InChI=1S/C10H12BrF2NO/c1-5(15-2)10(14)8-7(12)4-3-6(11)9(8)13/h3-5,10H,14H2,1-2H3. The van der Waals surface area contributed by atoms with Crippen molar-refractivity contribution < 1.29 is 13.5 Å². The summed E-state index contributed by atoms with van der Waals surface area (Å²) in [6.45, 7) is 1.66. The van der Waals surface area contributed by atoms with Crippen molar-refractivity contribution in [3.63, 3.8) is 0 Å². The summed E-state index contributed by atoms with van der Waals surface area (Å²) >= 11 is 2.98. The van der Waals surface area contributed by atoms with Crippen LogP contribution in [0.15, 0.2) is 16.6 Å². The van der Waals surface area contributed by atoms with Crippen LogP contribution in [0.25, 0.3) is 0 Å². The molecule has 0 heterocycles. The highest BCUT2D eigenvalue weighted by atomic mass is 79.9. The van der Waals surface area contributed by atoms with Crippen LogP contribution in [-0.4, -0.2) is 13.2 Å². The Bertz CT molecular complexity index is 360. The first-order chi connectivity index (χ1) is 6.99. The van der Waals surface area contributed by atoms with Gasteiger partial charge in [0.05, 0.1) is 16.6 Å². The van der Waals surface area contributed by atoms with Gasteiger partial charge in [0, 0.05) is 12.7 Å². The van der Waals surface area contributed by atoms with Crippen LogP contribution in [0.4, 0.5) is 8.78 Å². The zero-order valence-electron chi connectivity index (χ0n) is 8.43. The lowest BCUT2D eigenvalue weighted by molar-refractivity contribution is 0.0933. The van der Waals surface area contributed by atoms with E-state index in [1.54, 1.807) is 6.92 Å². The first-order valence-electron chi connectivity index (χ1n) is 4.40. The molecule has 0 spiro atoms. The van der Waals surface area contributed by atoms with Crippen LogP contribution in [-0.2, 0) is 4.74 Å². The van der Waals surface area contributed by atoms with E-state index >= 15 is 0 Å². The number of methoxy groups -OCH3 is 1. The minimum absolute atomic E-state index is 0.154. The molecule has 5 heteroatoms. The van der Waals surface area contributed by atoms with Crippen molar-refractivity contribution in [1.82, 2.24) is 0 Å². The van der Waals surface area contributed by atoms with Crippen LogP contribution in [0.3, 0.4) is 0 Å². The van der Waals surface area contributed by atoms with Crippen LogP contribution >= 0.6 is 15.9 Å². The van der Waals surface area contributed by atoms with Crippen LogP contribution in [0.2, 0.25) is 0 Å². The SMILES string of the molecule is COC(C)C(N)c1c(F)ccc(Br)c1F. The van der Waals surface area contributed by atoms with Gasteiger partial charge >= 0.3 is 0 Å². The summed E-state index contributed by atoms with van der Waals surface area (Å²) < 4.78 is 32.1. The molecule has 0 saturated carbocycles. The molecular formula is C10H12BrF2NO. The van der Waals surface area contributed by atoms with Crippen molar-refractivity contribution in [2.24, 2.45) is 5.73 Å². The van der Waals surface area contributed by atoms with E-state index in [0.29, 0.717) is 0 Å². The van der Waals surface area contributed by atoms with Crippen LogP contribution in [0.5, 0.6) is 0 Å². The summed E-state index contributed by atoms with van der Waals surface area (Å²) in [6.07, 6.45) is -0.455. The number of ether oxygens (including phenoxy) is 1. The maximum Gasteiger partial charge on any atom is 0.145 e. The Balaban J connectivity index is 3.18. The van der Waals surface area contributed by atoms with E-state index in [1.807, 2.05) is 0 Å². The van der Waals surface area contributed by atoms with Gasteiger partial charge < -0.3 is 10.5 Å². The minimum Gasteiger partial charge on any atom is -0.380 e. The third-order valence-corrected chi connectivity index (χ3v) is 2.90. The van der Waals surface area contributed by atoms with E-state index in [1.165, 1.54) is 19.2 Å². The number of hydrogen-bond acceptors (Lipinski definition) is 2. The van der Waals surface area contributed by atoms with Gasteiger partial charge in [-0.3, -0.25) is 0 Å². The Morgan fingerprint density at radius 3 is 2.53 bits per heavy atom. The smallest absolute Gasteiger partial charge is 0.145 e. The lowest BCUT2D eigenvalue weighted by Gasteiger charge is -2.20. The van der Waals surface area contributed by atoms with Gasteiger partial charge in [-0.2, -0.15) is 0 Å². The van der Waals surface area contributed by atoms with Gasteiger partial charge in [-0.25, -0.2) is 8.78 Å². The summed E-state index contributed by atoms with van der Waals surface area (Å²) in [5, 5.41) is 0. The van der Waals surface area contributed by atoms with Gasteiger partial charge in [0.1, 0.15) is 11.6 Å². The highest BCUT2D eigenvalue weighted by Gasteiger charge is 2.23. The summed E-state index contributed by atoms with van der Waals surface area (Å²) in [7, 11) is 1.44. The van der Waals surface area contributed by atoms with E-state index in [9.17, 15) is 8.78 Å².